The van der Waals surface area contributed by atoms with E-state index in [0.29, 0.717) is 22.8 Å². The third-order valence-electron chi connectivity index (χ3n) is 3.56. The third kappa shape index (κ3) is 3.80. The van der Waals surface area contributed by atoms with E-state index in [1.807, 2.05) is 6.07 Å². The van der Waals surface area contributed by atoms with Crippen molar-refractivity contribution in [3.63, 3.8) is 0 Å². The Bertz CT molecular complexity index is 1090. The van der Waals surface area contributed by atoms with Gasteiger partial charge in [0.25, 0.3) is 0 Å². The molecular formula is C16H10ClF3N6O. The number of fused-ring (bicyclic) bond motifs is 1. The van der Waals surface area contributed by atoms with Crippen LogP contribution < -0.4 is 10.1 Å². The predicted molar refractivity (Wildman–Crippen MR) is 91.5 cm³/mol. The number of nitrogens with zero attached hydrogens (tertiary/aromatic N) is 5. The minimum Gasteiger partial charge on any atom is -0.406 e. The van der Waals surface area contributed by atoms with Crippen LogP contribution in [0.1, 0.15) is 0 Å². The fraction of sp³-hybridized carbons (Fsp3) is 0.0625. The van der Waals surface area contributed by atoms with Crippen molar-refractivity contribution in [3.8, 4) is 11.4 Å². The molecular weight excluding hydrogens is 385 g/mol. The first kappa shape index (κ1) is 17.2. The molecule has 0 atom stereocenters. The van der Waals surface area contributed by atoms with Crippen LogP contribution in [0.3, 0.4) is 0 Å². The summed E-state index contributed by atoms with van der Waals surface area (Å²) in [5.41, 5.74) is 1.32. The van der Waals surface area contributed by atoms with Crippen molar-refractivity contribution in [2.24, 2.45) is 0 Å². The molecule has 0 unspecified atom stereocenters. The second-order valence-corrected chi connectivity index (χ2v) is 5.74. The van der Waals surface area contributed by atoms with Crippen molar-refractivity contribution in [3.05, 3.63) is 60.4 Å². The van der Waals surface area contributed by atoms with Gasteiger partial charge in [-0.1, -0.05) is 0 Å². The first-order valence-electron chi connectivity index (χ1n) is 7.55. The topological polar surface area (TPSA) is 69.3 Å². The van der Waals surface area contributed by atoms with E-state index in [9.17, 15) is 13.2 Å². The van der Waals surface area contributed by atoms with Crippen LogP contribution in [0.4, 0.5) is 24.8 Å². The zero-order valence-electron chi connectivity index (χ0n) is 13.4. The molecule has 0 aliphatic rings. The van der Waals surface area contributed by atoms with Crippen LogP contribution in [0, 0.1) is 0 Å². The number of ether oxygens (including phenoxy) is 1. The third-order valence-corrected chi connectivity index (χ3v) is 3.72. The zero-order valence-corrected chi connectivity index (χ0v) is 14.1. The molecule has 0 saturated carbocycles. The molecule has 4 aromatic rings. The number of hydrogen-bond donors (Lipinski definition) is 1. The number of imidazole rings is 1. The first-order valence-corrected chi connectivity index (χ1v) is 7.93. The van der Waals surface area contributed by atoms with E-state index in [-0.39, 0.29) is 11.0 Å². The van der Waals surface area contributed by atoms with E-state index < -0.39 is 6.36 Å². The molecule has 0 aliphatic carbocycles. The van der Waals surface area contributed by atoms with Crippen molar-refractivity contribution in [2.75, 3.05) is 5.32 Å². The smallest absolute Gasteiger partial charge is 0.406 e. The highest BCUT2D eigenvalue weighted by atomic mass is 35.5. The average Bonchev–Trinajstić information content (AvgIpc) is 3.23. The molecule has 0 radical (unpaired) electrons. The summed E-state index contributed by atoms with van der Waals surface area (Å²) >= 11 is 5.91. The van der Waals surface area contributed by atoms with Gasteiger partial charge in [-0.05, 0) is 48.0 Å². The maximum absolute atomic E-state index is 12.2. The van der Waals surface area contributed by atoms with E-state index in [1.165, 1.54) is 30.6 Å². The summed E-state index contributed by atoms with van der Waals surface area (Å²) in [5, 5.41) is 7.15. The van der Waals surface area contributed by atoms with Crippen molar-refractivity contribution in [1.82, 2.24) is 24.1 Å². The summed E-state index contributed by atoms with van der Waals surface area (Å²) in [6.07, 6.45) is 0.184. The lowest BCUT2D eigenvalue weighted by molar-refractivity contribution is -0.274. The lowest BCUT2D eigenvalue weighted by Crippen LogP contribution is -2.17. The van der Waals surface area contributed by atoms with Crippen molar-refractivity contribution >= 4 is 28.8 Å². The zero-order chi connectivity index (χ0) is 19.0. The van der Waals surface area contributed by atoms with Gasteiger partial charge in [0.1, 0.15) is 23.4 Å². The molecule has 3 aromatic heterocycles. The maximum Gasteiger partial charge on any atom is 0.573 e. The van der Waals surface area contributed by atoms with Crippen LogP contribution >= 0.6 is 11.6 Å². The number of halogens is 4. The molecule has 138 valence electrons. The summed E-state index contributed by atoms with van der Waals surface area (Å²) in [6, 6.07) is 9.04. The van der Waals surface area contributed by atoms with Crippen LogP contribution in [-0.4, -0.2) is 30.5 Å². The van der Waals surface area contributed by atoms with E-state index in [0.717, 1.165) is 0 Å². The number of aromatic nitrogens is 5. The molecule has 0 bridgehead atoms. The Morgan fingerprint density at radius 1 is 1.11 bits per heavy atom. The number of benzene rings is 1. The molecule has 4 rings (SSSR count). The van der Waals surface area contributed by atoms with Crippen molar-refractivity contribution in [2.45, 2.75) is 6.36 Å². The highest BCUT2D eigenvalue weighted by molar-refractivity contribution is 6.28. The van der Waals surface area contributed by atoms with E-state index in [2.05, 4.69) is 25.1 Å². The molecule has 0 fully saturated rings. The van der Waals surface area contributed by atoms with Gasteiger partial charge in [0.05, 0.1) is 6.20 Å². The van der Waals surface area contributed by atoms with Gasteiger partial charge in [-0.3, -0.25) is 0 Å². The molecule has 27 heavy (non-hydrogen) atoms. The molecule has 11 heteroatoms. The molecule has 3 heterocycles. The van der Waals surface area contributed by atoms with Crippen molar-refractivity contribution < 1.29 is 17.9 Å². The summed E-state index contributed by atoms with van der Waals surface area (Å²) < 4.78 is 43.7. The number of alkyl halides is 3. The Morgan fingerprint density at radius 3 is 2.63 bits per heavy atom. The van der Waals surface area contributed by atoms with Crippen LogP contribution in [-0.2, 0) is 0 Å². The summed E-state index contributed by atoms with van der Waals surface area (Å²) in [6.45, 7) is 0. The van der Waals surface area contributed by atoms with Gasteiger partial charge in [-0.25, -0.2) is 9.50 Å². The lowest BCUT2D eigenvalue weighted by Gasteiger charge is -2.09. The molecule has 0 amide bonds. The molecule has 0 spiro atoms. The van der Waals surface area contributed by atoms with Crippen LogP contribution in [0.5, 0.6) is 5.75 Å². The Labute approximate surface area is 155 Å². The second kappa shape index (κ2) is 6.47. The van der Waals surface area contributed by atoms with Gasteiger partial charge >= 0.3 is 6.36 Å². The number of nitrogens with one attached hydrogen (secondary N) is 1. The Hall–Kier alpha value is -3.27. The summed E-state index contributed by atoms with van der Waals surface area (Å²) in [7, 11) is 0. The molecule has 1 N–H and O–H groups in total. The van der Waals surface area contributed by atoms with E-state index in [1.54, 1.807) is 27.5 Å². The largest absolute Gasteiger partial charge is 0.573 e. The van der Waals surface area contributed by atoms with Crippen LogP contribution in [0.25, 0.3) is 11.2 Å². The van der Waals surface area contributed by atoms with Gasteiger partial charge in [-0.2, -0.15) is 4.98 Å². The monoisotopic (exact) mass is 394 g/mol. The summed E-state index contributed by atoms with van der Waals surface area (Å²) in [4.78, 5) is 8.36. The number of anilines is 2. The quantitative estimate of drug-likeness (QED) is 0.561. The Kier molecular flexibility index (Phi) is 4.11. The second-order valence-electron chi connectivity index (χ2n) is 5.40. The number of rotatable bonds is 4. The van der Waals surface area contributed by atoms with Gasteiger partial charge < -0.3 is 14.6 Å². The highest BCUT2D eigenvalue weighted by Gasteiger charge is 2.30. The Morgan fingerprint density at radius 2 is 1.89 bits per heavy atom. The van der Waals surface area contributed by atoms with Gasteiger partial charge in [0.15, 0.2) is 5.82 Å². The molecule has 7 nitrogen and oxygen atoms in total. The average molecular weight is 395 g/mol. The fourth-order valence-corrected chi connectivity index (χ4v) is 2.64. The normalized spacial score (nSPS) is 11.7. The van der Waals surface area contributed by atoms with Gasteiger partial charge in [-0.15, -0.1) is 18.3 Å². The summed E-state index contributed by atoms with van der Waals surface area (Å²) in [5.74, 6) is 0.652. The number of hydrogen-bond acceptors (Lipinski definition) is 5. The standard InChI is InChI=1S/C16H10ClF3N6O/c17-15-23-14(12-2-1-7-26(12)24-15)22-13-8-25(9-21-13)10-3-5-11(6-4-10)27-16(18,19)20/h1-9H,(H,22,23,24). The van der Waals surface area contributed by atoms with Crippen molar-refractivity contribution in [1.29, 1.82) is 0 Å². The fourth-order valence-electron chi connectivity index (χ4n) is 2.47. The van der Waals surface area contributed by atoms with Crippen LogP contribution in [0.2, 0.25) is 5.28 Å². The van der Waals surface area contributed by atoms with E-state index >= 15 is 0 Å². The van der Waals surface area contributed by atoms with E-state index in [4.69, 9.17) is 11.6 Å². The van der Waals surface area contributed by atoms with Gasteiger partial charge in [0.2, 0.25) is 5.28 Å². The predicted octanol–water partition coefficient (Wildman–Crippen LogP) is 4.21. The highest BCUT2D eigenvalue weighted by Crippen LogP contribution is 2.25. The maximum atomic E-state index is 12.2. The minimum absolute atomic E-state index is 0.0703. The van der Waals surface area contributed by atoms with Crippen LogP contribution in [0.15, 0.2) is 55.1 Å². The lowest BCUT2D eigenvalue weighted by atomic mass is 10.3. The molecule has 0 saturated heterocycles. The van der Waals surface area contributed by atoms with Gasteiger partial charge in [0, 0.05) is 11.9 Å². The molecule has 0 aliphatic heterocycles. The first-order chi connectivity index (χ1) is 12.9. The Balaban J connectivity index is 1.56. The molecule has 1 aromatic carbocycles. The minimum atomic E-state index is -4.73. The SMILES string of the molecule is FC(F)(F)Oc1ccc(-n2cnc(Nc3nc(Cl)nn4cccc34)c2)cc1.